The predicted molar refractivity (Wildman–Crippen MR) is 101 cm³/mol. The number of aromatic nitrogens is 2. The maximum atomic E-state index is 12.1. The van der Waals surface area contributed by atoms with Crippen LogP contribution in [0.2, 0.25) is 0 Å². The lowest BCUT2D eigenvalue weighted by Gasteiger charge is -2.08. The normalized spacial score (nSPS) is 10.5. The summed E-state index contributed by atoms with van der Waals surface area (Å²) in [5.74, 6) is 0.276. The summed E-state index contributed by atoms with van der Waals surface area (Å²) in [5.41, 5.74) is 1.99. The zero-order valence-electron chi connectivity index (χ0n) is 12.9. The van der Waals surface area contributed by atoms with Crippen molar-refractivity contribution in [2.75, 3.05) is 11.1 Å². The maximum absolute atomic E-state index is 12.1. The molecule has 0 aliphatic carbocycles. The van der Waals surface area contributed by atoms with E-state index in [0.29, 0.717) is 5.75 Å². The number of nitrogens with zero attached hydrogens (tertiary/aromatic N) is 2. The summed E-state index contributed by atoms with van der Waals surface area (Å²) >= 11 is 4.81. The second kappa shape index (κ2) is 8.17. The van der Waals surface area contributed by atoms with Crippen molar-refractivity contribution in [2.45, 2.75) is 11.7 Å². The SMILES string of the molecule is O=C(CSc1nccn1Cc1ccccc1)Nc1ccc(Br)cc1. The van der Waals surface area contributed by atoms with Gasteiger partial charge < -0.3 is 9.88 Å². The molecule has 1 N–H and O–H groups in total. The van der Waals surface area contributed by atoms with E-state index < -0.39 is 0 Å². The first-order valence-corrected chi connectivity index (χ1v) is 9.22. The molecular weight excluding hydrogens is 386 g/mol. The average molecular weight is 402 g/mol. The highest BCUT2D eigenvalue weighted by molar-refractivity contribution is 9.10. The Kier molecular flexibility index (Phi) is 5.72. The van der Waals surface area contributed by atoms with Gasteiger partial charge in [-0.15, -0.1) is 0 Å². The third-order valence-electron chi connectivity index (χ3n) is 3.33. The molecule has 3 rings (SSSR count). The number of thioether (sulfide) groups is 1. The minimum Gasteiger partial charge on any atom is -0.325 e. The third-order valence-corrected chi connectivity index (χ3v) is 4.87. The second-order valence-electron chi connectivity index (χ2n) is 5.17. The molecule has 1 aromatic heterocycles. The molecule has 3 aromatic rings. The lowest BCUT2D eigenvalue weighted by atomic mass is 10.2. The molecule has 24 heavy (non-hydrogen) atoms. The first kappa shape index (κ1) is 16.8. The standard InChI is InChI=1S/C18H16BrN3OS/c19-15-6-8-16(9-7-15)21-17(23)13-24-18-20-10-11-22(18)12-14-4-2-1-3-5-14/h1-11H,12-13H2,(H,21,23). The molecule has 0 saturated heterocycles. The highest BCUT2D eigenvalue weighted by atomic mass is 79.9. The van der Waals surface area contributed by atoms with E-state index in [0.717, 1.165) is 21.9 Å². The summed E-state index contributed by atoms with van der Waals surface area (Å²) in [6.07, 6.45) is 3.69. The lowest BCUT2D eigenvalue weighted by molar-refractivity contribution is -0.113. The smallest absolute Gasteiger partial charge is 0.234 e. The van der Waals surface area contributed by atoms with Crippen molar-refractivity contribution in [1.29, 1.82) is 0 Å². The van der Waals surface area contributed by atoms with Crippen molar-refractivity contribution in [3.8, 4) is 0 Å². The van der Waals surface area contributed by atoms with Crippen LogP contribution in [-0.4, -0.2) is 21.2 Å². The average Bonchev–Trinajstić information content (AvgIpc) is 3.03. The molecule has 0 aliphatic heterocycles. The van der Waals surface area contributed by atoms with E-state index >= 15 is 0 Å². The predicted octanol–water partition coefficient (Wildman–Crippen LogP) is 4.42. The molecule has 1 heterocycles. The van der Waals surface area contributed by atoms with Gasteiger partial charge in [-0.3, -0.25) is 4.79 Å². The first-order chi connectivity index (χ1) is 11.7. The molecule has 1 amide bonds. The van der Waals surface area contributed by atoms with Crippen LogP contribution in [0.4, 0.5) is 5.69 Å². The molecule has 0 bridgehead atoms. The van der Waals surface area contributed by atoms with E-state index in [1.807, 2.05) is 53.2 Å². The molecule has 0 aliphatic rings. The fraction of sp³-hybridized carbons (Fsp3) is 0.111. The van der Waals surface area contributed by atoms with E-state index in [-0.39, 0.29) is 5.91 Å². The maximum Gasteiger partial charge on any atom is 0.234 e. The minimum atomic E-state index is -0.0448. The summed E-state index contributed by atoms with van der Waals surface area (Å²) in [4.78, 5) is 16.4. The Hall–Kier alpha value is -2.05. The zero-order valence-corrected chi connectivity index (χ0v) is 15.3. The van der Waals surface area contributed by atoms with Crippen molar-refractivity contribution < 1.29 is 4.79 Å². The Bertz CT molecular complexity index is 803. The zero-order chi connectivity index (χ0) is 16.8. The van der Waals surface area contributed by atoms with Crippen LogP contribution >= 0.6 is 27.7 Å². The third kappa shape index (κ3) is 4.72. The van der Waals surface area contributed by atoms with Gasteiger partial charge in [0.25, 0.3) is 0 Å². The van der Waals surface area contributed by atoms with E-state index in [4.69, 9.17) is 0 Å². The molecule has 0 saturated carbocycles. The van der Waals surface area contributed by atoms with Gasteiger partial charge in [-0.25, -0.2) is 4.98 Å². The van der Waals surface area contributed by atoms with E-state index in [1.165, 1.54) is 17.3 Å². The number of nitrogens with one attached hydrogen (secondary N) is 1. The molecule has 6 heteroatoms. The molecule has 0 spiro atoms. The number of carbonyl (C=O) groups is 1. The van der Waals surface area contributed by atoms with Crippen LogP contribution in [0, 0.1) is 0 Å². The Balaban J connectivity index is 1.56. The number of hydrogen-bond donors (Lipinski definition) is 1. The van der Waals surface area contributed by atoms with Crippen LogP contribution in [0.3, 0.4) is 0 Å². The topological polar surface area (TPSA) is 46.9 Å². The van der Waals surface area contributed by atoms with Crippen LogP contribution in [0.15, 0.2) is 76.6 Å². The van der Waals surface area contributed by atoms with Gasteiger partial charge in [-0.05, 0) is 29.8 Å². The molecular formula is C18H16BrN3OS. The Morgan fingerprint density at radius 3 is 2.62 bits per heavy atom. The summed E-state index contributed by atoms with van der Waals surface area (Å²) in [6.45, 7) is 0.748. The van der Waals surface area contributed by atoms with Gasteiger partial charge in [0, 0.05) is 29.1 Å². The molecule has 2 aromatic carbocycles. The van der Waals surface area contributed by atoms with Gasteiger partial charge in [-0.2, -0.15) is 0 Å². The number of imidazole rings is 1. The van der Waals surface area contributed by atoms with Crippen molar-refractivity contribution in [2.24, 2.45) is 0 Å². The number of benzene rings is 2. The molecule has 122 valence electrons. The fourth-order valence-electron chi connectivity index (χ4n) is 2.20. The van der Waals surface area contributed by atoms with E-state index in [1.54, 1.807) is 6.20 Å². The van der Waals surface area contributed by atoms with E-state index in [2.05, 4.69) is 38.4 Å². The molecule has 0 atom stereocenters. The number of hydrogen-bond acceptors (Lipinski definition) is 3. The molecule has 0 fully saturated rings. The van der Waals surface area contributed by atoms with Gasteiger partial charge in [0.05, 0.1) is 5.75 Å². The van der Waals surface area contributed by atoms with Gasteiger partial charge in [0.2, 0.25) is 5.91 Å². The number of anilines is 1. The van der Waals surface area contributed by atoms with Gasteiger partial charge in [0.1, 0.15) is 0 Å². The summed E-state index contributed by atoms with van der Waals surface area (Å²) in [7, 11) is 0. The fourth-order valence-corrected chi connectivity index (χ4v) is 3.22. The summed E-state index contributed by atoms with van der Waals surface area (Å²) in [5, 5.41) is 3.72. The quantitative estimate of drug-likeness (QED) is 0.621. The number of carbonyl (C=O) groups excluding carboxylic acids is 1. The van der Waals surface area contributed by atoms with Crippen LogP contribution in [-0.2, 0) is 11.3 Å². The Morgan fingerprint density at radius 2 is 1.88 bits per heavy atom. The van der Waals surface area contributed by atoms with Gasteiger partial charge in [-0.1, -0.05) is 58.0 Å². The van der Waals surface area contributed by atoms with Crippen LogP contribution in [0.1, 0.15) is 5.56 Å². The summed E-state index contributed by atoms with van der Waals surface area (Å²) in [6, 6.07) is 17.7. The molecule has 4 nitrogen and oxygen atoms in total. The lowest BCUT2D eigenvalue weighted by Crippen LogP contribution is -2.14. The molecule has 0 radical (unpaired) electrons. The Morgan fingerprint density at radius 1 is 1.12 bits per heavy atom. The van der Waals surface area contributed by atoms with Crippen LogP contribution in [0.25, 0.3) is 0 Å². The number of halogens is 1. The highest BCUT2D eigenvalue weighted by Gasteiger charge is 2.08. The van der Waals surface area contributed by atoms with E-state index in [9.17, 15) is 4.79 Å². The second-order valence-corrected chi connectivity index (χ2v) is 7.03. The van der Waals surface area contributed by atoms with Crippen LogP contribution < -0.4 is 5.32 Å². The minimum absolute atomic E-state index is 0.0448. The van der Waals surface area contributed by atoms with Crippen molar-refractivity contribution in [3.63, 3.8) is 0 Å². The van der Waals surface area contributed by atoms with Crippen molar-refractivity contribution in [1.82, 2.24) is 9.55 Å². The number of rotatable bonds is 6. The van der Waals surface area contributed by atoms with Crippen molar-refractivity contribution in [3.05, 3.63) is 77.0 Å². The highest BCUT2D eigenvalue weighted by Crippen LogP contribution is 2.19. The van der Waals surface area contributed by atoms with Crippen LogP contribution in [0.5, 0.6) is 0 Å². The monoisotopic (exact) mass is 401 g/mol. The number of amides is 1. The van der Waals surface area contributed by atoms with Gasteiger partial charge in [0.15, 0.2) is 5.16 Å². The van der Waals surface area contributed by atoms with Gasteiger partial charge >= 0.3 is 0 Å². The molecule has 0 unspecified atom stereocenters. The Labute approximate surface area is 153 Å². The van der Waals surface area contributed by atoms with Crippen molar-refractivity contribution >= 4 is 39.3 Å². The first-order valence-electron chi connectivity index (χ1n) is 7.44. The largest absolute Gasteiger partial charge is 0.325 e. The summed E-state index contributed by atoms with van der Waals surface area (Å²) < 4.78 is 3.03.